The van der Waals surface area contributed by atoms with Gasteiger partial charge in [-0.2, -0.15) is 0 Å². The molecule has 94 valence electrons. The molecule has 1 aromatic heterocycles. The molecule has 7 heteroatoms. The highest BCUT2D eigenvalue weighted by Gasteiger charge is 2.36. The first-order chi connectivity index (χ1) is 8.61. The highest BCUT2D eigenvalue weighted by atomic mass is 16.5. The number of fused-ring (bicyclic) bond motifs is 1. The molecule has 18 heavy (non-hydrogen) atoms. The van der Waals surface area contributed by atoms with Crippen molar-refractivity contribution in [3.8, 4) is 0 Å². The summed E-state index contributed by atoms with van der Waals surface area (Å²) in [6.07, 6.45) is 1.44. The van der Waals surface area contributed by atoms with E-state index in [4.69, 9.17) is 9.84 Å². The lowest BCUT2D eigenvalue weighted by molar-refractivity contribution is -0.142. The number of aromatic nitrogens is 1. The van der Waals surface area contributed by atoms with Gasteiger partial charge in [-0.15, -0.1) is 0 Å². The number of nitrogens with zero attached hydrogens (tertiary/aromatic N) is 2. The average molecular weight is 250 g/mol. The molecular formula is C11H10N2O5. The minimum Gasteiger partial charge on any atom is -0.480 e. The Labute approximate surface area is 102 Å². The Morgan fingerprint density at radius 3 is 2.83 bits per heavy atom. The van der Waals surface area contributed by atoms with Gasteiger partial charge in [-0.1, -0.05) is 0 Å². The lowest BCUT2D eigenvalue weighted by Crippen LogP contribution is -2.33. The summed E-state index contributed by atoms with van der Waals surface area (Å²) in [5, 5.41) is 8.37. The summed E-state index contributed by atoms with van der Waals surface area (Å²) in [5.41, 5.74) is 0.390. The number of amides is 2. The first-order valence-electron chi connectivity index (χ1n) is 5.22. The Balaban J connectivity index is 1.99. The number of rotatable bonds is 5. The van der Waals surface area contributed by atoms with Crippen LogP contribution in [0.1, 0.15) is 20.8 Å². The molecule has 0 fully saturated rings. The molecule has 0 aromatic carbocycles. The zero-order valence-corrected chi connectivity index (χ0v) is 9.33. The fraction of sp³-hybridized carbons (Fsp3) is 0.273. The lowest BCUT2D eigenvalue weighted by atomic mass is 10.2. The molecule has 0 aliphatic carbocycles. The molecule has 2 amide bonds. The van der Waals surface area contributed by atoms with Crippen LogP contribution in [0.3, 0.4) is 0 Å². The summed E-state index contributed by atoms with van der Waals surface area (Å²) >= 11 is 0. The number of hydrogen-bond donors (Lipinski definition) is 1. The van der Waals surface area contributed by atoms with Crippen LogP contribution in [-0.4, -0.2) is 52.5 Å². The van der Waals surface area contributed by atoms with Crippen LogP contribution in [0.2, 0.25) is 0 Å². The van der Waals surface area contributed by atoms with E-state index in [0.717, 1.165) is 4.90 Å². The summed E-state index contributed by atoms with van der Waals surface area (Å²) in [5.74, 6) is -2.00. The third kappa shape index (κ3) is 2.21. The Morgan fingerprint density at radius 2 is 2.17 bits per heavy atom. The second kappa shape index (κ2) is 4.92. The van der Waals surface area contributed by atoms with Crippen molar-refractivity contribution >= 4 is 17.8 Å². The second-order valence-corrected chi connectivity index (χ2v) is 3.61. The third-order valence-corrected chi connectivity index (χ3v) is 2.42. The van der Waals surface area contributed by atoms with E-state index in [9.17, 15) is 14.4 Å². The maximum Gasteiger partial charge on any atom is 0.329 e. The van der Waals surface area contributed by atoms with Crippen molar-refractivity contribution in [3.05, 3.63) is 29.6 Å². The fourth-order valence-electron chi connectivity index (χ4n) is 1.63. The standard InChI is InChI=1S/C11H10N2O5/c14-8(15)6-18-5-4-13-10(16)7-2-1-3-12-9(7)11(13)17/h1-3H,4-6H2,(H,14,15). The van der Waals surface area contributed by atoms with Crippen LogP contribution in [0.4, 0.5) is 0 Å². The SMILES string of the molecule is O=C(O)COCCN1C(=O)c2cccnc2C1=O. The molecule has 0 saturated carbocycles. The van der Waals surface area contributed by atoms with Crippen LogP contribution in [0.25, 0.3) is 0 Å². The van der Waals surface area contributed by atoms with Crippen molar-refractivity contribution in [2.45, 2.75) is 0 Å². The van der Waals surface area contributed by atoms with E-state index >= 15 is 0 Å². The topological polar surface area (TPSA) is 96.8 Å². The number of ether oxygens (including phenoxy) is 1. The lowest BCUT2D eigenvalue weighted by Gasteiger charge is -2.12. The van der Waals surface area contributed by atoms with E-state index in [2.05, 4.69) is 4.98 Å². The molecule has 1 aliphatic heterocycles. The molecule has 1 N–H and O–H groups in total. The van der Waals surface area contributed by atoms with Crippen LogP contribution in [0.5, 0.6) is 0 Å². The summed E-state index contributed by atoms with van der Waals surface area (Å²) < 4.78 is 4.79. The predicted molar refractivity (Wildman–Crippen MR) is 58.1 cm³/mol. The number of imide groups is 1. The zero-order valence-electron chi connectivity index (χ0n) is 9.33. The van der Waals surface area contributed by atoms with Crippen LogP contribution in [0, 0.1) is 0 Å². The largest absolute Gasteiger partial charge is 0.480 e. The molecule has 1 aliphatic rings. The van der Waals surface area contributed by atoms with Crippen LogP contribution in [0.15, 0.2) is 18.3 Å². The minimum atomic E-state index is -1.10. The van der Waals surface area contributed by atoms with E-state index in [1.807, 2.05) is 0 Å². The molecule has 0 unspecified atom stereocenters. The van der Waals surface area contributed by atoms with Crippen molar-refractivity contribution in [2.24, 2.45) is 0 Å². The number of carboxylic acids is 1. The van der Waals surface area contributed by atoms with Gasteiger partial charge in [0.05, 0.1) is 18.7 Å². The van der Waals surface area contributed by atoms with Gasteiger partial charge in [0.2, 0.25) is 0 Å². The van der Waals surface area contributed by atoms with E-state index in [-0.39, 0.29) is 24.4 Å². The summed E-state index contributed by atoms with van der Waals surface area (Å²) in [7, 11) is 0. The van der Waals surface area contributed by atoms with Gasteiger partial charge >= 0.3 is 5.97 Å². The first-order valence-corrected chi connectivity index (χ1v) is 5.22. The van der Waals surface area contributed by atoms with E-state index in [1.165, 1.54) is 12.3 Å². The molecule has 0 bridgehead atoms. The van der Waals surface area contributed by atoms with Gasteiger partial charge < -0.3 is 9.84 Å². The van der Waals surface area contributed by atoms with E-state index < -0.39 is 24.4 Å². The normalized spacial score (nSPS) is 13.9. The Morgan fingerprint density at radius 1 is 1.39 bits per heavy atom. The van der Waals surface area contributed by atoms with Crippen molar-refractivity contribution < 1.29 is 24.2 Å². The number of aliphatic carboxylic acids is 1. The van der Waals surface area contributed by atoms with Crippen molar-refractivity contribution in [1.29, 1.82) is 0 Å². The molecule has 7 nitrogen and oxygen atoms in total. The molecule has 0 saturated heterocycles. The van der Waals surface area contributed by atoms with Crippen molar-refractivity contribution in [2.75, 3.05) is 19.8 Å². The fourth-order valence-corrected chi connectivity index (χ4v) is 1.63. The average Bonchev–Trinajstić information content (AvgIpc) is 2.59. The third-order valence-electron chi connectivity index (χ3n) is 2.42. The molecule has 2 rings (SSSR count). The summed E-state index contributed by atoms with van der Waals surface area (Å²) in [6.45, 7) is -0.458. The Hall–Kier alpha value is -2.28. The highest BCUT2D eigenvalue weighted by Crippen LogP contribution is 2.19. The van der Waals surface area contributed by atoms with Gasteiger partial charge in [0.15, 0.2) is 0 Å². The quantitative estimate of drug-likeness (QED) is 0.573. The molecule has 0 atom stereocenters. The zero-order chi connectivity index (χ0) is 13.1. The Bertz CT molecular complexity index is 479. The minimum absolute atomic E-state index is 0.0152. The second-order valence-electron chi connectivity index (χ2n) is 3.61. The molecule has 0 radical (unpaired) electrons. The van der Waals surface area contributed by atoms with Crippen LogP contribution < -0.4 is 0 Å². The molecule has 2 heterocycles. The molecular weight excluding hydrogens is 240 g/mol. The number of hydrogen-bond acceptors (Lipinski definition) is 5. The summed E-state index contributed by atoms with van der Waals surface area (Å²) in [6, 6.07) is 3.11. The maximum atomic E-state index is 11.8. The first kappa shape index (κ1) is 12.2. The number of pyridine rings is 1. The highest BCUT2D eigenvalue weighted by molar-refractivity contribution is 6.20. The van der Waals surface area contributed by atoms with Crippen LogP contribution in [-0.2, 0) is 9.53 Å². The Kier molecular flexibility index (Phi) is 3.33. The van der Waals surface area contributed by atoms with E-state index in [1.54, 1.807) is 6.07 Å². The van der Waals surface area contributed by atoms with Gasteiger partial charge in [0, 0.05) is 6.20 Å². The molecule has 1 aromatic rings. The molecule has 0 spiro atoms. The van der Waals surface area contributed by atoms with Crippen molar-refractivity contribution in [1.82, 2.24) is 9.88 Å². The van der Waals surface area contributed by atoms with Gasteiger partial charge in [-0.05, 0) is 12.1 Å². The van der Waals surface area contributed by atoms with Gasteiger partial charge in [-0.3, -0.25) is 19.5 Å². The van der Waals surface area contributed by atoms with Gasteiger partial charge in [-0.25, -0.2) is 4.79 Å². The van der Waals surface area contributed by atoms with Gasteiger partial charge in [0.1, 0.15) is 12.3 Å². The monoisotopic (exact) mass is 250 g/mol. The van der Waals surface area contributed by atoms with Gasteiger partial charge in [0.25, 0.3) is 11.8 Å². The van der Waals surface area contributed by atoms with Crippen molar-refractivity contribution in [3.63, 3.8) is 0 Å². The smallest absolute Gasteiger partial charge is 0.329 e. The number of carbonyl (C=O) groups is 3. The van der Waals surface area contributed by atoms with Crippen LogP contribution >= 0.6 is 0 Å². The number of carbonyl (C=O) groups excluding carboxylic acids is 2. The maximum absolute atomic E-state index is 11.8. The van der Waals surface area contributed by atoms with E-state index in [0.29, 0.717) is 0 Å². The predicted octanol–water partition coefficient (Wildman–Crippen LogP) is -0.221. The summed E-state index contributed by atoms with van der Waals surface area (Å²) in [4.78, 5) is 38.7. The number of carboxylic acid groups (broad SMARTS) is 1.